The van der Waals surface area contributed by atoms with E-state index in [1.807, 2.05) is 0 Å². The molecule has 0 saturated carbocycles. The molecular formula is C17H19N11O7S3. The maximum Gasteiger partial charge on any atom is 0.352 e. The number of aromatic nitrogens is 6. The van der Waals surface area contributed by atoms with Crippen molar-refractivity contribution in [2.24, 2.45) is 10.9 Å². The highest BCUT2D eigenvalue weighted by Crippen LogP contribution is 2.41. The first-order valence-corrected chi connectivity index (χ1v) is 13.3. The lowest BCUT2D eigenvalue weighted by atomic mass is 10.0. The summed E-state index contributed by atoms with van der Waals surface area (Å²) in [6.45, 7) is -0.131. The number of nitrogen functional groups attached to an aromatic ring is 1. The monoisotopic (exact) mass is 585 g/mol. The van der Waals surface area contributed by atoms with E-state index >= 15 is 0 Å². The molecule has 2 aromatic heterocycles. The van der Waals surface area contributed by atoms with Gasteiger partial charge in [0, 0.05) is 29.6 Å². The molecule has 4 heterocycles. The summed E-state index contributed by atoms with van der Waals surface area (Å²) in [6, 6.07) is -1.09. The van der Waals surface area contributed by atoms with Crippen LogP contribution in [0.4, 0.5) is 5.13 Å². The van der Waals surface area contributed by atoms with Crippen molar-refractivity contribution in [1.29, 1.82) is 0 Å². The zero-order valence-electron chi connectivity index (χ0n) is 19.1. The van der Waals surface area contributed by atoms with Crippen molar-refractivity contribution in [1.82, 2.24) is 39.8 Å². The van der Waals surface area contributed by atoms with Gasteiger partial charge in [-0.1, -0.05) is 16.9 Å². The van der Waals surface area contributed by atoms with Gasteiger partial charge in [-0.25, -0.2) is 14.3 Å². The number of nitrogens with zero attached hydrogens (tertiary/aromatic N) is 8. The van der Waals surface area contributed by atoms with Crippen molar-refractivity contribution in [3.63, 3.8) is 0 Å². The summed E-state index contributed by atoms with van der Waals surface area (Å²) in [7, 11) is 0. The summed E-state index contributed by atoms with van der Waals surface area (Å²) in [5, 5.41) is 35.7. The van der Waals surface area contributed by atoms with Crippen LogP contribution in [0.1, 0.15) is 5.82 Å². The fraction of sp³-hybridized carbons (Fsp3) is 0.412. The third-order valence-electron chi connectivity index (χ3n) is 4.96. The number of oxime groups is 1. The average molecular weight is 586 g/mol. The maximum absolute atomic E-state index is 13.0. The quantitative estimate of drug-likeness (QED) is 0.0739. The van der Waals surface area contributed by atoms with Gasteiger partial charge >= 0.3 is 11.9 Å². The first-order valence-electron chi connectivity index (χ1n) is 10.5. The highest BCUT2D eigenvalue weighted by molar-refractivity contribution is 8.01. The number of nitrogens with one attached hydrogen (secondary N) is 1. The van der Waals surface area contributed by atoms with Gasteiger partial charge < -0.3 is 31.8 Å². The number of anilines is 1. The molecule has 1 saturated heterocycles. The van der Waals surface area contributed by atoms with Gasteiger partial charge in [-0.15, -0.1) is 16.9 Å². The molecular weight excluding hydrogens is 566 g/mol. The summed E-state index contributed by atoms with van der Waals surface area (Å²) in [5.74, 6) is -3.96. The highest BCUT2D eigenvalue weighted by atomic mass is 32.2. The number of carboxylic acids is 2. The van der Waals surface area contributed by atoms with Gasteiger partial charge in [0.2, 0.25) is 23.3 Å². The molecule has 2 aromatic rings. The molecule has 2 atom stereocenters. The Morgan fingerprint density at radius 3 is 2.76 bits per heavy atom. The second-order valence-electron chi connectivity index (χ2n) is 7.44. The number of rotatable bonds is 12. The molecule has 2 aliphatic heterocycles. The largest absolute Gasteiger partial charge is 0.479 e. The predicted octanol–water partition coefficient (Wildman–Crippen LogP) is -2.60. The number of hydrogen-bond acceptors (Lipinski definition) is 16. The van der Waals surface area contributed by atoms with Gasteiger partial charge in [0.15, 0.2) is 5.13 Å². The van der Waals surface area contributed by atoms with Crippen LogP contribution in [0.25, 0.3) is 0 Å². The van der Waals surface area contributed by atoms with E-state index in [9.17, 15) is 24.3 Å². The number of thioether (sulfide) groups is 2. The first-order chi connectivity index (χ1) is 18.2. The number of amides is 2. The van der Waals surface area contributed by atoms with Crippen LogP contribution in [0.5, 0.6) is 0 Å². The SMILES string of the molecule is NCCn1nnnc1SCC1=C(C(=O)O)N2C(=O)C(NC(=O)/C(=N\OCC(=O)O)c3nsc(N)n3)[C@H]2SC1. The minimum Gasteiger partial charge on any atom is -0.479 e. The van der Waals surface area contributed by atoms with Gasteiger partial charge in [-0.3, -0.25) is 14.5 Å². The normalized spacial score (nSPS) is 19.1. The van der Waals surface area contributed by atoms with E-state index in [1.54, 1.807) is 0 Å². The number of carbonyl (C=O) groups excluding carboxylic acids is 2. The topological polar surface area (TPSA) is 267 Å². The van der Waals surface area contributed by atoms with Gasteiger partial charge in [0.1, 0.15) is 17.1 Å². The predicted molar refractivity (Wildman–Crippen MR) is 132 cm³/mol. The van der Waals surface area contributed by atoms with E-state index in [-0.39, 0.29) is 28.2 Å². The minimum atomic E-state index is -1.33. The van der Waals surface area contributed by atoms with Crippen molar-refractivity contribution in [2.45, 2.75) is 23.1 Å². The fourth-order valence-electron chi connectivity index (χ4n) is 3.39. The number of hydrogen-bond donors (Lipinski definition) is 5. The minimum absolute atomic E-state index is 0.0196. The molecule has 0 spiro atoms. The smallest absolute Gasteiger partial charge is 0.352 e. The zero-order chi connectivity index (χ0) is 27.4. The lowest BCUT2D eigenvalue weighted by Crippen LogP contribution is -2.71. The Kier molecular flexibility index (Phi) is 8.38. The highest BCUT2D eigenvalue weighted by Gasteiger charge is 2.54. The Morgan fingerprint density at radius 1 is 1.32 bits per heavy atom. The Labute approximate surface area is 225 Å². The van der Waals surface area contributed by atoms with E-state index < -0.39 is 47.5 Å². The van der Waals surface area contributed by atoms with Gasteiger partial charge in [0.25, 0.3) is 11.8 Å². The van der Waals surface area contributed by atoms with Crippen molar-refractivity contribution >= 4 is 69.7 Å². The molecule has 0 bridgehead atoms. The molecule has 0 radical (unpaired) electrons. The number of fused-ring (bicyclic) bond motifs is 1. The summed E-state index contributed by atoms with van der Waals surface area (Å²) in [5.41, 5.74) is 10.9. The number of β-lactam (4-membered cyclic amide) rings is 1. The molecule has 0 aliphatic carbocycles. The third-order valence-corrected chi connectivity index (χ3v) is 7.89. The summed E-state index contributed by atoms with van der Waals surface area (Å²) in [4.78, 5) is 58.3. The molecule has 1 unspecified atom stereocenters. The van der Waals surface area contributed by atoms with Crippen LogP contribution in [0.2, 0.25) is 0 Å². The van der Waals surface area contributed by atoms with E-state index in [2.05, 4.69) is 40.2 Å². The Balaban J connectivity index is 1.48. The Bertz CT molecular complexity index is 1330. The van der Waals surface area contributed by atoms with Crippen molar-refractivity contribution < 1.29 is 34.2 Å². The van der Waals surface area contributed by atoms with Gasteiger partial charge in [0.05, 0.1) is 6.54 Å². The molecule has 21 heteroatoms. The van der Waals surface area contributed by atoms with Crippen LogP contribution in [0.3, 0.4) is 0 Å². The van der Waals surface area contributed by atoms with Crippen LogP contribution >= 0.6 is 35.1 Å². The number of carbonyl (C=O) groups is 4. The van der Waals surface area contributed by atoms with Gasteiger partial charge in [-0.05, 0) is 16.0 Å². The lowest BCUT2D eigenvalue weighted by Gasteiger charge is -2.49. The molecule has 4 rings (SSSR count). The summed E-state index contributed by atoms with van der Waals surface area (Å²) in [6.07, 6.45) is 0. The van der Waals surface area contributed by atoms with E-state index in [1.165, 1.54) is 28.2 Å². The Morgan fingerprint density at radius 2 is 2.11 bits per heavy atom. The molecule has 2 amide bonds. The molecule has 38 heavy (non-hydrogen) atoms. The van der Waals surface area contributed by atoms with Crippen LogP contribution in [0.15, 0.2) is 21.6 Å². The van der Waals surface area contributed by atoms with Crippen LogP contribution in [0, 0.1) is 0 Å². The standard InChI is InChI=1S/C17H19N11O7S3/c18-1-2-27-17(22-25-26-27)37-5-6-4-36-14-9(13(32)28(14)10(6)15(33)34)20-12(31)8(23-35-3-7(29)30)11-21-16(19)38-24-11/h9,14H,1-5,18H2,(H,20,31)(H,29,30)(H,33,34)(H2,19,21,24)/b23-8-/t9?,14-/m1/s1. The molecule has 2 aliphatic rings. The Hall–Kier alpha value is -3.82. The number of tetrazole rings is 1. The molecule has 18 nitrogen and oxygen atoms in total. The second kappa shape index (κ2) is 11.7. The summed E-state index contributed by atoms with van der Waals surface area (Å²) < 4.78 is 5.36. The van der Waals surface area contributed by atoms with E-state index in [4.69, 9.17) is 16.6 Å². The van der Waals surface area contributed by atoms with Crippen molar-refractivity contribution in [3.8, 4) is 0 Å². The van der Waals surface area contributed by atoms with Gasteiger partial charge in [-0.2, -0.15) is 9.36 Å². The lowest BCUT2D eigenvalue weighted by molar-refractivity contribution is -0.150. The second-order valence-corrected chi connectivity index (χ2v) is 10.3. The molecule has 7 N–H and O–H groups in total. The summed E-state index contributed by atoms with van der Waals surface area (Å²) >= 11 is 3.24. The van der Waals surface area contributed by atoms with Crippen molar-refractivity contribution in [2.75, 3.05) is 30.4 Å². The average Bonchev–Trinajstić information content (AvgIpc) is 3.51. The number of aliphatic carboxylic acids is 2. The number of carboxylic acid groups (broad SMARTS) is 2. The maximum atomic E-state index is 13.0. The number of nitrogens with two attached hydrogens (primary N) is 2. The fourth-order valence-corrected chi connectivity index (χ4v) is 6.21. The van der Waals surface area contributed by atoms with E-state index in [0.717, 1.165) is 16.4 Å². The van der Waals surface area contributed by atoms with Crippen LogP contribution < -0.4 is 16.8 Å². The van der Waals surface area contributed by atoms with Crippen LogP contribution in [-0.2, 0) is 30.6 Å². The zero-order valence-corrected chi connectivity index (χ0v) is 21.5. The van der Waals surface area contributed by atoms with Crippen molar-refractivity contribution in [3.05, 3.63) is 17.1 Å². The van der Waals surface area contributed by atoms with E-state index in [0.29, 0.717) is 23.8 Å². The molecule has 1 fully saturated rings. The third kappa shape index (κ3) is 5.69. The molecule has 202 valence electrons. The first kappa shape index (κ1) is 27.2. The molecule has 0 aromatic carbocycles. The van der Waals surface area contributed by atoms with Crippen LogP contribution in [-0.4, -0.2) is 110 Å².